The van der Waals surface area contributed by atoms with Crippen LogP contribution in [0.1, 0.15) is 34.7 Å². The van der Waals surface area contributed by atoms with Gasteiger partial charge in [-0.2, -0.15) is 0 Å². The van der Waals surface area contributed by atoms with Crippen molar-refractivity contribution in [3.8, 4) is 0 Å². The Morgan fingerprint density at radius 1 is 0.792 bits per heavy atom. The normalized spacial score (nSPS) is 15.4. The first-order chi connectivity index (χ1) is 11.4. The van der Waals surface area contributed by atoms with Crippen LogP contribution in [0.2, 0.25) is 0 Å². The summed E-state index contributed by atoms with van der Waals surface area (Å²) in [5, 5.41) is 0. The van der Waals surface area contributed by atoms with Crippen molar-refractivity contribution in [1.29, 1.82) is 0 Å². The standard InChI is InChI=1S/C18H23N5O/c19-14-5-12(6-15(20)9-14)11-1-3-23(4-2-11)18(24)13-7-16(21)10-17(22)8-13/h5-11H,1-4,19-22H2. The second-order valence-electron chi connectivity index (χ2n) is 6.39. The number of hydrogen-bond donors (Lipinski definition) is 4. The smallest absolute Gasteiger partial charge is 0.254 e. The highest BCUT2D eigenvalue weighted by molar-refractivity contribution is 5.96. The van der Waals surface area contributed by atoms with Gasteiger partial charge in [-0.1, -0.05) is 0 Å². The van der Waals surface area contributed by atoms with Gasteiger partial charge in [-0.3, -0.25) is 4.79 Å². The molecule has 0 spiro atoms. The van der Waals surface area contributed by atoms with Crippen molar-refractivity contribution in [2.24, 2.45) is 0 Å². The molecule has 1 saturated heterocycles. The summed E-state index contributed by atoms with van der Waals surface area (Å²) in [6.07, 6.45) is 1.76. The highest BCUT2D eigenvalue weighted by Crippen LogP contribution is 2.31. The van der Waals surface area contributed by atoms with Gasteiger partial charge in [0.05, 0.1) is 0 Å². The van der Waals surface area contributed by atoms with E-state index in [9.17, 15) is 4.79 Å². The molecule has 2 aromatic carbocycles. The summed E-state index contributed by atoms with van der Waals surface area (Å²) in [5.41, 5.74) is 27.4. The van der Waals surface area contributed by atoms with Crippen LogP contribution in [0.3, 0.4) is 0 Å². The zero-order chi connectivity index (χ0) is 17.3. The summed E-state index contributed by atoms with van der Waals surface area (Å²) in [4.78, 5) is 14.5. The first-order valence-corrected chi connectivity index (χ1v) is 8.03. The zero-order valence-corrected chi connectivity index (χ0v) is 13.5. The molecular formula is C18H23N5O. The number of carbonyl (C=O) groups excluding carboxylic acids is 1. The number of hydrogen-bond acceptors (Lipinski definition) is 5. The van der Waals surface area contributed by atoms with Gasteiger partial charge in [-0.15, -0.1) is 0 Å². The Kier molecular flexibility index (Phi) is 4.20. The molecule has 1 aliphatic rings. The number of nitrogens with zero attached hydrogens (tertiary/aromatic N) is 1. The minimum atomic E-state index is -0.0282. The van der Waals surface area contributed by atoms with E-state index >= 15 is 0 Å². The fraction of sp³-hybridized carbons (Fsp3) is 0.278. The minimum absolute atomic E-state index is 0.0282. The maximum Gasteiger partial charge on any atom is 0.254 e. The second-order valence-corrected chi connectivity index (χ2v) is 6.39. The molecule has 2 aromatic rings. The molecule has 1 fully saturated rings. The van der Waals surface area contributed by atoms with Crippen molar-refractivity contribution in [2.45, 2.75) is 18.8 Å². The summed E-state index contributed by atoms with van der Waals surface area (Å²) in [7, 11) is 0. The molecule has 6 heteroatoms. The summed E-state index contributed by atoms with van der Waals surface area (Å²) >= 11 is 0. The highest BCUT2D eigenvalue weighted by atomic mass is 16.2. The molecule has 0 aliphatic carbocycles. The van der Waals surface area contributed by atoms with Gasteiger partial charge in [0, 0.05) is 41.4 Å². The average Bonchev–Trinajstić information content (AvgIpc) is 2.52. The first-order valence-electron chi connectivity index (χ1n) is 8.03. The van der Waals surface area contributed by atoms with E-state index in [0.717, 1.165) is 18.4 Å². The van der Waals surface area contributed by atoms with Gasteiger partial charge >= 0.3 is 0 Å². The van der Waals surface area contributed by atoms with E-state index in [0.29, 0.717) is 47.3 Å². The molecule has 1 amide bonds. The van der Waals surface area contributed by atoms with Gasteiger partial charge in [-0.05, 0) is 60.7 Å². The third kappa shape index (κ3) is 3.37. The summed E-state index contributed by atoms with van der Waals surface area (Å²) in [5.74, 6) is 0.338. The molecule has 24 heavy (non-hydrogen) atoms. The van der Waals surface area contributed by atoms with Crippen LogP contribution in [0.25, 0.3) is 0 Å². The molecule has 8 N–H and O–H groups in total. The topological polar surface area (TPSA) is 124 Å². The van der Waals surface area contributed by atoms with Gasteiger partial charge in [0.15, 0.2) is 0 Å². The number of amides is 1. The largest absolute Gasteiger partial charge is 0.399 e. The van der Waals surface area contributed by atoms with Gasteiger partial charge in [-0.25, -0.2) is 0 Å². The molecule has 0 bridgehead atoms. The fourth-order valence-corrected chi connectivity index (χ4v) is 3.34. The van der Waals surface area contributed by atoms with Gasteiger partial charge in [0.25, 0.3) is 5.91 Å². The van der Waals surface area contributed by atoms with Crippen LogP contribution in [0, 0.1) is 0 Å². The Balaban J connectivity index is 1.69. The van der Waals surface area contributed by atoms with Gasteiger partial charge < -0.3 is 27.8 Å². The third-order valence-electron chi connectivity index (χ3n) is 4.48. The molecule has 0 unspecified atom stereocenters. The van der Waals surface area contributed by atoms with Crippen LogP contribution >= 0.6 is 0 Å². The monoisotopic (exact) mass is 325 g/mol. The van der Waals surface area contributed by atoms with Crippen molar-refractivity contribution in [3.05, 3.63) is 47.5 Å². The van der Waals surface area contributed by atoms with E-state index in [1.165, 1.54) is 0 Å². The zero-order valence-electron chi connectivity index (χ0n) is 13.5. The molecule has 126 valence electrons. The maximum absolute atomic E-state index is 12.6. The van der Waals surface area contributed by atoms with Crippen molar-refractivity contribution < 1.29 is 4.79 Å². The van der Waals surface area contributed by atoms with E-state index in [2.05, 4.69) is 0 Å². The lowest BCUT2D eigenvalue weighted by molar-refractivity contribution is 0.0713. The lowest BCUT2D eigenvalue weighted by atomic mass is 9.88. The van der Waals surface area contributed by atoms with Crippen LogP contribution in [-0.4, -0.2) is 23.9 Å². The summed E-state index contributed by atoms with van der Waals surface area (Å²) in [6.45, 7) is 1.37. The van der Waals surface area contributed by atoms with E-state index in [1.54, 1.807) is 24.3 Å². The van der Waals surface area contributed by atoms with Crippen molar-refractivity contribution in [2.75, 3.05) is 36.0 Å². The molecule has 0 atom stereocenters. The molecule has 0 aromatic heterocycles. The molecular weight excluding hydrogens is 302 g/mol. The van der Waals surface area contributed by atoms with Crippen LogP contribution in [-0.2, 0) is 0 Å². The van der Waals surface area contributed by atoms with Crippen LogP contribution < -0.4 is 22.9 Å². The number of piperidine rings is 1. The van der Waals surface area contributed by atoms with Crippen molar-refractivity contribution in [1.82, 2.24) is 4.90 Å². The average molecular weight is 325 g/mol. The van der Waals surface area contributed by atoms with Crippen molar-refractivity contribution >= 4 is 28.7 Å². The summed E-state index contributed by atoms with van der Waals surface area (Å²) < 4.78 is 0. The van der Waals surface area contributed by atoms with E-state index in [1.807, 2.05) is 17.0 Å². The summed E-state index contributed by atoms with van der Waals surface area (Å²) in [6, 6.07) is 10.7. The third-order valence-corrected chi connectivity index (χ3v) is 4.48. The number of carbonyl (C=O) groups is 1. The number of likely N-dealkylation sites (tertiary alicyclic amines) is 1. The first kappa shape index (κ1) is 16.0. The second kappa shape index (κ2) is 6.31. The molecule has 1 aliphatic heterocycles. The van der Waals surface area contributed by atoms with E-state index in [4.69, 9.17) is 22.9 Å². The van der Waals surface area contributed by atoms with Gasteiger partial charge in [0.1, 0.15) is 0 Å². The highest BCUT2D eigenvalue weighted by Gasteiger charge is 2.25. The number of rotatable bonds is 2. The Bertz CT molecular complexity index is 725. The molecule has 0 saturated carbocycles. The quantitative estimate of drug-likeness (QED) is 0.629. The Hall–Kier alpha value is -2.89. The predicted molar refractivity (Wildman–Crippen MR) is 98.4 cm³/mol. The molecule has 0 radical (unpaired) electrons. The van der Waals surface area contributed by atoms with Crippen LogP contribution in [0.15, 0.2) is 36.4 Å². The van der Waals surface area contributed by atoms with E-state index < -0.39 is 0 Å². The molecule has 1 heterocycles. The Morgan fingerprint density at radius 3 is 1.75 bits per heavy atom. The van der Waals surface area contributed by atoms with Crippen molar-refractivity contribution in [3.63, 3.8) is 0 Å². The van der Waals surface area contributed by atoms with Crippen LogP contribution in [0.4, 0.5) is 22.7 Å². The SMILES string of the molecule is Nc1cc(N)cc(C(=O)N2CCC(c3cc(N)cc(N)c3)CC2)c1. The lowest BCUT2D eigenvalue weighted by Gasteiger charge is -2.32. The Labute approximate surface area is 141 Å². The Morgan fingerprint density at radius 2 is 1.25 bits per heavy atom. The number of anilines is 4. The molecule has 3 rings (SSSR count). The minimum Gasteiger partial charge on any atom is -0.399 e. The van der Waals surface area contributed by atoms with Crippen LogP contribution in [0.5, 0.6) is 0 Å². The number of nitrogens with two attached hydrogens (primary N) is 4. The number of benzene rings is 2. The maximum atomic E-state index is 12.6. The molecule has 6 nitrogen and oxygen atoms in total. The predicted octanol–water partition coefficient (Wildman–Crippen LogP) is 2.04. The van der Waals surface area contributed by atoms with Gasteiger partial charge in [0.2, 0.25) is 0 Å². The number of nitrogen functional groups attached to an aromatic ring is 4. The fourth-order valence-electron chi connectivity index (χ4n) is 3.34. The lowest BCUT2D eigenvalue weighted by Crippen LogP contribution is -2.38. The van der Waals surface area contributed by atoms with E-state index in [-0.39, 0.29) is 5.91 Å².